The van der Waals surface area contributed by atoms with E-state index >= 15 is 0 Å². The predicted molar refractivity (Wildman–Crippen MR) is 98.1 cm³/mol. The highest BCUT2D eigenvalue weighted by atomic mass is 16.5. The summed E-state index contributed by atoms with van der Waals surface area (Å²) in [6, 6.07) is 10.9. The zero-order valence-corrected chi connectivity index (χ0v) is 14.5. The Bertz CT molecular complexity index is 685. The maximum atomic E-state index is 12.3. The lowest BCUT2D eigenvalue weighted by Crippen LogP contribution is -2.45. The lowest BCUT2D eigenvalue weighted by atomic mass is 10.2. The first-order valence-electron chi connectivity index (χ1n) is 8.56. The Kier molecular flexibility index (Phi) is 5.98. The molecule has 3 rings (SSSR count). The van der Waals surface area contributed by atoms with E-state index in [9.17, 15) is 4.79 Å². The first kappa shape index (κ1) is 17.4. The van der Waals surface area contributed by atoms with E-state index in [1.165, 1.54) is 0 Å². The van der Waals surface area contributed by atoms with E-state index in [0.29, 0.717) is 23.6 Å². The molecule has 1 aromatic carbocycles. The number of pyridine rings is 1. The van der Waals surface area contributed by atoms with Gasteiger partial charge in [0.1, 0.15) is 12.4 Å². The number of hydrogen-bond acceptors (Lipinski definition) is 5. The topological polar surface area (TPSA) is 57.7 Å². The summed E-state index contributed by atoms with van der Waals surface area (Å²) < 4.78 is 5.92. The molecule has 2 aromatic rings. The first-order chi connectivity index (χ1) is 12.2. The molecule has 1 aliphatic rings. The number of benzene rings is 1. The third kappa shape index (κ3) is 5.01. The number of para-hydroxylation sites is 2. The van der Waals surface area contributed by atoms with Crippen LogP contribution in [0.25, 0.3) is 0 Å². The average Bonchev–Trinajstić information content (AvgIpc) is 2.65. The Morgan fingerprint density at radius 1 is 1.12 bits per heavy atom. The molecular formula is C19H24N4O2. The fraction of sp³-hybridized carbons (Fsp3) is 0.368. The van der Waals surface area contributed by atoms with Gasteiger partial charge in [0, 0.05) is 50.7 Å². The van der Waals surface area contributed by atoms with E-state index in [0.717, 1.165) is 32.7 Å². The molecule has 0 aliphatic carbocycles. The van der Waals surface area contributed by atoms with E-state index in [4.69, 9.17) is 4.74 Å². The van der Waals surface area contributed by atoms with Crippen molar-refractivity contribution in [2.75, 3.05) is 51.7 Å². The molecular weight excluding hydrogens is 316 g/mol. The molecule has 0 spiro atoms. The first-order valence-corrected chi connectivity index (χ1v) is 8.56. The summed E-state index contributed by atoms with van der Waals surface area (Å²) in [4.78, 5) is 21.0. The highest BCUT2D eigenvalue weighted by molar-refractivity contribution is 6.04. The number of aromatic nitrogens is 1. The Balaban J connectivity index is 1.55. The second-order valence-corrected chi connectivity index (χ2v) is 6.18. The van der Waals surface area contributed by atoms with E-state index < -0.39 is 0 Å². The van der Waals surface area contributed by atoms with Crippen molar-refractivity contribution in [3.8, 4) is 5.75 Å². The summed E-state index contributed by atoms with van der Waals surface area (Å²) in [5.41, 5.74) is 1.25. The molecule has 0 atom stereocenters. The van der Waals surface area contributed by atoms with Crippen molar-refractivity contribution in [3.63, 3.8) is 0 Å². The van der Waals surface area contributed by atoms with Gasteiger partial charge in [-0.05, 0) is 31.3 Å². The Hall–Kier alpha value is -2.44. The third-order valence-corrected chi connectivity index (χ3v) is 4.34. The molecule has 1 fully saturated rings. The van der Waals surface area contributed by atoms with Crippen molar-refractivity contribution in [1.29, 1.82) is 0 Å². The predicted octanol–water partition coefficient (Wildman–Crippen LogP) is 1.96. The molecule has 1 saturated heterocycles. The van der Waals surface area contributed by atoms with Crippen molar-refractivity contribution < 1.29 is 9.53 Å². The van der Waals surface area contributed by atoms with Crippen LogP contribution in [0.2, 0.25) is 0 Å². The van der Waals surface area contributed by atoms with Gasteiger partial charge in [0.25, 0.3) is 5.91 Å². The molecule has 0 radical (unpaired) electrons. The van der Waals surface area contributed by atoms with Crippen LogP contribution in [0.4, 0.5) is 5.69 Å². The van der Waals surface area contributed by atoms with E-state index in [-0.39, 0.29) is 5.91 Å². The highest BCUT2D eigenvalue weighted by Crippen LogP contribution is 2.24. The molecule has 0 unspecified atom stereocenters. The molecule has 25 heavy (non-hydrogen) atoms. The van der Waals surface area contributed by atoms with Crippen molar-refractivity contribution in [2.24, 2.45) is 0 Å². The van der Waals surface area contributed by atoms with Crippen LogP contribution in [0.15, 0.2) is 48.8 Å². The standard InChI is InChI=1S/C19H24N4O2/c1-22-10-12-23(13-11-22)14-15-25-18-5-3-2-4-17(18)21-19(24)16-6-8-20-9-7-16/h2-9H,10-15H2,1H3,(H,21,24). The number of ether oxygens (including phenoxy) is 1. The number of nitrogens with zero attached hydrogens (tertiary/aromatic N) is 3. The Morgan fingerprint density at radius 3 is 2.60 bits per heavy atom. The van der Waals surface area contributed by atoms with Gasteiger partial charge in [0.15, 0.2) is 0 Å². The second-order valence-electron chi connectivity index (χ2n) is 6.18. The maximum Gasteiger partial charge on any atom is 0.255 e. The molecule has 6 heteroatoms. The van der Waals surface area contributed by atoms with Gasteiger partial charge in [-0.1, -0.05) is 12.1 Å². The third-order valence-electron chi connectivity index (χ3n) is 4.34. The molecule has 1 N–H and O–H groups in total. The fourth-order valence-electron chi connectivity index (χ4n) is 2.75. The molecule has 0 saturated carbocycles. The van der Waals surface area contributed by atoms with E-state index in [1.807, 2.05) is 24.3 Å². The van der Waals surface area contributed by atoms with Crippen LogP contribution in [-0.4, -0.2) is 67.1 Å². The summed E-state index contributed by atoms with van der Waals surface area (Å²) in [5.74, 6) is 0.525. The number of carbonyl (C=O) groups excluding carboxylic acids is 1. The van der Waals surface area contributed by atoms with Gasteiger partial charge in [0.2, 0.25) is 0 Å². The van der Waals surface area contributed by atoms with E-state index in [2.05, 4.69) is 27.1 Å². The van der Waals surface area contributed by atoms with Gasteiger partial charge in [0.05, 0.1) is 5.69 Å². The quantitative estimate of drug-likeness (QED) is 0.871. The smallest absolute Gasteiger partial charge is 0.255 e. The molecule has 6 nitrogen and oxygen atoms in total. The van der Waals surface area contributed by atoms with Crippen LogP contribution in [0.3, 0.4) is 0 Å². The van der Waals surface area contributed by atoms with Crippen LogP contribution in [0.5, 0.6) is 5.75 Å². The molecule has 132 valence electrons. The highest BCUT2D eigenvalue weighted by Gasteiger charge is 2.14. The number of anilines is 1. The maximum absolute atomic E-state index is 12.3. The average molecular weight is 340 g/mol. The zero-order valence-electron chi connectivity index (χ0n) is 14.5. The van der Waals surface area contributed by atoms with Gasteiger partial charge in [-0.25, -0.2) is 0 Å². The fourth-order valence-corrected chi connectivity index (χ4v) is 2.75. The van der Waals surface area contributed by atoms with Crippen LogP contribution < -0.4 is 10.1 Å². The van der Waals surface area contributed by atoms with Crippen molar-refractivity contribution in [2.45, 2.75) is 0 Å². The van der Waals surface area contributed by atoms with Crippen LogP contribution in [0, 0.1) is 0 Å². The lowest BCUT2D eigenvalue weighted by Gasteiger charge is -2.32. The molecule has 1 amide bonds. The Labute approximate surface area is 148 Å². The largest absolute Gasteiger partial charge is 0.490 e. The number of likely N-dealkylation sites (N-methyl/N-ethyl adjacent to an activating group) is 1. The van der Waals surface area contributed by atoms with E-state index in [1.54, 1.807) is 24.5 Å². The minimum atomic E-state index is -0.169. The van der Waals surface area contributed by atoms with Gasteiger partial charge < -0.3 is 15.0 Å². The minimum Gasteiger partial charge on any atom is -0.490 e. The van der Waals surface area contributed by atoms with Crippen LogP contribution in [-0.2, 0) is 0 Å². The number of carbonyl (C=O) groups is 1. The molecule has 1 aliphatic heterocycles. The summed E-state index contributed by atoms with van der Waals surface area (Å²) in [5, 5.41) is 2.91. The van der Waals surface area contributed by atoms with Crippen LogP contribution in [0.1, 0.15) is 10.4 Å². The number of rotatable bonds is 6. The molecule has 0 bridgehead atoms. The SMILES string of the molecule is CN1CCN(CCOc2ccccc2NC(=O)c2ccncc2)CC1. The number of nitrogens with one attached hydrogen (secondary N) is 1. The summed E-state index contributed by atoms with van der Waals surface area (Å²) in [7, 11) is 2.15. The zero-order chi connectivity index (χ0) is 17.5. The number of hydrogen-bond donors (Lipinski definition) is 1. The van der Waals surface area contributed by atoms with Gasteiger partial charge in [-0.3, -0.25) is 14.7 Å². The molecule has 1 aromatic heterocycles. The lowest BCUT2D eigenvalue weighted by molar-refractivity contribution is 0.102. The minimum absolute atomic E-state index is 0.169. The number of piperazine rings is 1. The normalized spacial score (nSPS) is 15.7. The summed E-state index contributed by atoms with van der Waals surface area (Å²) in [6.07, 6.45) is 3.21. The van der Waals surface area contributed by atoms with Gasteiger partial charge in [-0.15, -0.1) is 0 Å². The molecule has 2 heterocycles. The van der Waals surface area contributed by atoms with Crippen molar-refractivity contribution >= 4 is 11.6 Å². The van der Waals surface area contributed by atoms with Crippen molar-refractivity contribution in [3.05, 3.63) is 54.4 Å². The summed E-state index contributed by atoms with van der Waals surface area (Å²) >= 11 is 0. The van der Waals surface area contributed by atoms with Crippen LogP contribution >= 0.6 is 0 Å². The number of amides is 1. The monoisotopic (exact) mass is 340 g/mol. The van der Waals surface area contributed by atoms with Gasteiger partial charge in [-0.2, -0.15) is 0 Å². The van der Waals surface area contributed by atoms with Crippen molar-refractivity contribution in [1.82, 2.24) is 14.8 Å². The Morgan fingerprint density at radius 2 is 1.84 bits per heavy atom. The second kappa shape index (κ2) is 8.60. The summed E-state index contributed by atoms with van der Waals surface area (Å²) in [6.45, 7) is 5.82. The van der Waals surface area contributed by atoms with Gasteiger partial charge >= 0.3 is 0 Å².